The van der Waals surface area contributed by atoms with Crippen LogP contribution in [0.15, 0.2) is 18.7 Å². The van der Waals surface area contributed by atoms with E-state index in [4.69, 9.17) is 0 Å². The molecule has 1 unspecified atom stereocenters. The summed E-state index contributed by atoms with van der Waals surface area (Å²) in [6.45, 7) is 6.12. The second-order valence-corrected chi connectivity index (χ2v) is 4.34. The number of aromatic nitrogens is 5. The van der Waals surface area contributed by atoms with Crippen LogP contribution in [0.4, 0.5) is 0 Å². The van der Waals surface area contributed by atoms with E-state index in [1.54, 1.807) is 6.33 Å². The summed E-state index contributed by atoms with van der Waals surface area (Å²) >= 11 is 0. The lowest BCUT2D eigenvalue weighted by Crippen LogP contribution is -2.20. The fourth-order valence-corrected chi connectivity index (χ4v) is 1.82. The van der Waals surface area contributed by atoms with Crippen molar-refractivity contribution in [2.75, 3.05) is 6.54 Å². The average Bonchev–Trinajstić information content (AvgIpc) is 3.05. The van der Waals surface area contributed by atoms with Crippen molar-refractivity contribution in [2.24, 2.45) is 0 Å². The zero-order chi connectivity index (χ0) is 12.8. The van der Waals surface area contributed by atoms with E-state index in [1.807, 2.05) is 10.9 Å². The fraction of sp³-hybridized carbons (Fsp3) is 0.583. The molecule has 0 aromatic carbocycles. The van der Waals surface area contributed by atoms with Crippen molar-refractivity contribution in [1.82, 2.24) is 30.3 Å². The van der Waals surface area contributed by atoms with Gasteiger partial charge in [-0.25, -0.2) is 4.98 Å². The molecule has 18 heavy (non-hydrogen) atoms. The number of nitrogens with zero attached hydrogens (tertiary/aromatic N) is 4. The van der Waals surface area contributed by atoms with Crippen LogP contribution in [-0.2, 0) is 13.0 Å². The Morgan fingerprint density at radius 2 is 2.39 bits per heavy atom. The van der Waals surface area contributed by atoms with Gasteiger partial charge in [0.2, 0.25) is 0 Å². The molecule has 0 bridgehead atoms. The van der Waals surface area contributed by atoms with Crippen LogP contribution >= 0.6 is 0 Å². The average molecular weight is 248 g/mol. The van der Waals surface area contributed by atoms with E-state index >= 15 is 0 Å². The van der Waals surface area contributed by atoms with Crippen LogP contribution in [0.5, 0.6) is 0 Å². The minimum absolute atomic E-state index is 0.333. The Morgan fingerprint density at radius 3 is 3.06 bits per heavy atom. The third-order valence-electron chi connectivity index (χ3n) is 2.98. The van der Waals surface area contributed by atoms with Crippen LogP contribution in [0.2, 0.25) is 0 Å². The molecule has 0 saturated heterocycles. The Hall–Kier alpha value is -1.69. The monoisotopic (exact) mass is 248 g/mol. The molecule has 0 aliphatic heterocycles. The first-order valence-corrected chi connectivity index (χ1v) is 6.39. The van der Waals surface area contributed by atoms with Crippen molar-refractivity contribution in [3.05, 3.63) is 30.1 Å². The van der Waals surface area contributed by atoms with Gasteiger partial charge in [0.15, 0.2) is 0 Å². The van der Waals surface area contributed by atoms with E-state index in [1.165, 1.54) is 5.56 Å². The molecule has 2 aromatic rings. The molecule has 0 amide bonds. The van der Waals surface area contributed by atoms with Gasteiger partial charge in [-0.15, -0.1) is 0 Å². The molecule has 0 aliphatic carbocycles. The SMILES string of the molecule is CCn1cc(C(C)NCCCc2ncn[nH]2)cn1. The molecule has 0 spiro atoms. The second-order valence-electron chi connectivity index (χ2n) is 4.34. The van der Waals surface area contributed by atoms with Crippen LogP contribution in [0.1, 0.15) is 37.7 Å². The van der Waals surface area contributed by atoms with Crippen LogP contribution in [0.25, 0.3) is 0 Å². The highest BCUT2D eigenvalue weighted by atomic mass is 15.3. The van der Waals surface area contributed by atoms with E-state index in [-0.39, 0.29) is 0 Å². The van der Waals surface area contributed by atoms with E-state index in [0.29, 0.717) is 6.04 Å². The summed E-state index contributed by atoms with van der Waals surface area (Å²) in [5, 5.41) is 14.5. The van der Waals surface area contributed by atoms with Gasteiger partial charge in [0.1, 0.15) is 12.2 Å². The van der Waals surface area contributed by atoms with Crippen LogP contribution in [-0.4, -0.2) is 31.5 Å². The predicted octanol–water partition coefficient (Wildman–Crippen LogP) is 1.30. The van der Waals surface area contributed by atoms with Gasteiger partial charge in [-0.3, -0.25) is 9.78 Å². The first-order valence-electron chi connectivity index (χ1n) is 6.39. The highest BCUT2D eigenvalue weighted by Gasteiger charge is 2.06. The third kappa shape index (κ3) is 3.40. The lowest BCUT2D eigenvalue weighted by atomic mass is 10.2. The number of aryl methyl sites for hydroxylation is 2. The van der Waals surface area contributed by atoms with E-state index in [9.17, 15) is 0 Å². The van der Waals surface area contributed by atoms with Gasteiger partial charge in [0.05, 0.1) is 6.20 Å². The van der Waals surface area contributed by atoms with Crippen LogP contribution < -0.4 is 5.32 Å². The van der Waals surface area contributed by atoms with E-state index in [0.717, 1.165) is 31.8 Å². The quantitative estimate of drug-likeness (QED) is 0.725. The number of rotatable bonds is 7. The Morgan fingerprint density at radius 1 is 1.50 bits per heavy atom. The number of H-pyrrole nitrogens is 1. The van der Waals surface area contributed by atoms with Crippen LogP contribution in [0, 0.1) is 0 Å². The van der Waals surface area contributed by atoms with Crippen molar-refractivity contribution in [2.45, 2.75) is 39.3 Å². The molecular formula is C12H20N6. The summed E-state index contributed by atoms with van der Waals surface area (Å²) in [4.78, 5) is 4.10. The molecule has 0 aliphatic rings. The Labute approximate surface area is 107 Å². The minimum atomic E-state index is 0.333. The van der Waals surface area contributed by atoms with Gasteiger partial charge in [-0.05, 0) is 26.8 Å². The normalized spacial score (nSPS) is 12.8. The standard InChI is InChI=1S/C12H20N6/c1-3-18-8-11(7-16-18)10(2)13-6-4-5-12-14-9-15-17-12/h7-10,13H,3-6H2,1-2H3,(H,14,15,17). The molecule has 2 aromatic heterocycles. The van der Waals surface area contributed by atoms with Crippen molar-refractivity contribution >= 4 is 0 Å². The number of hydrogen-bond acceptors (Lipinski definition) is 4. The Bertz CT molecular complexity index is 447. The summed E-state index contributed by atoms with van der Waals surface area (Å²) in [6, 6.07) is 0.333. The van der Waals surface area contributed by atoms with Crippen molar-refractivity contribution < 1.29 is 0 Å². The van der Waals surface area contributed by atoms with Crippen LogP contribution in [0.3, 0.4) is 0 Å². The molecule has 6 heteroatoms. The zero-order valence-corrected chi connectivity index (χ0v) is 10.9. The molecule has 0 radical (unpaired) electrons. The maximum Gasteiger partial charge on any atom is 0.137 e. The topological polar surface area (TPSA) is 71.4 Å². The van der Waals surface area contributed by atoms with Gasteiger partial charge in [0, 0.05) is 30.8 Å². The lowest BCUT2D eigenvalue weighted by molar-refractivity contribution is 0.553. The zero-order valence-electron chi connectivity index (χ0n) is 10.9. The first kappa shape index (κ1) is 12.8. The molecule has 6 nitrogen and oxygen atoms in total. The number of aromatic amines is 1. The number of nitrogens with one attached hydrogen (secondary N) is 2. The molecule has 2 rings (SSSR count). The summed E-state index contributed by atoms with van der Waals surface area (Å²) in [5.74, 6) is 0.947. The van der Waals surface area contributed by atoms with Gasteiger partial charge in [-0.1, -0.05) is 0 Å². The highest BCUT2D eigenvalue weighted by Crippen LogP contribution is 2.10. The maximum atomic E-state index is 4.28. The summed E-state index contributed by atoms with van der Waals surface area (Å²) < 4.78 is 1.95. The Balaban J connectivity index is 1.69. The van der Waals surface area contributed by atoms with Gasteiger partial charge in [-0.2, -0.15) is 10.2 Å². The van der Waals surface area contributed by atoms with Crippen molar-refractivity contribution in [3.8, 4) is 0 Å². The third-order valence-corrected chi connectivity index (χ3v) is 2.98. The Kier molecular flexibility index (Phi) is 4.46. The van der Waals surface area contributed by atoms with Crippen molar-refractivity contribution in [1.29, 1.82) is 0 Å². The van der Waals surface area contributed by atoms with Gasteiger partial charge < -0.3 is 5.32 Å². The fourth-order valence-electron chi connectivity index (χ4n) is 1.82. The highest BCUT2D eigenvalue weighted by molar-refractivity contribution is 5.09. The summed E-state index contributed by atoms with van der Waals surface area (Å²) in [5.41, 5.74) is 1.23. The summed E-state index contributed by atoms with van der Waals surface area (Å²) in [7, 11) is 0. The smallest absolute Gasteiger partial charge is 0.137 e. The second kappa shape index (κ2) is 6.30. The largest absolute Gasteiger partial charge is 0.310 e. The molecule has 0 saturated carbocycles. The minimum Gasteiger partial charge on any atom is -0.310 e. The molecule has 2 N–H and O–H groups in total. The maximum absolute atomic E-state index is 4.28. The predicted molar refractivity (Wildman–Crippen MR) is 69.0 cm³/mol. The lowest BCUT2D eigenvalue weighted by Gasteiger charge is -2.11. The van der Waals surface area contributed by atoms with Gasteiger partial charge >= 0.3 is 0 Å². The summed E-state index contributed by atoms with van der Waals surface area (Å²) in [6.07, 6.45) is 7.53. The van der Waals surface area contributed by atoms with E-state index < -0.39 is 0 Å². The van der Waals surface area contributed by atoms with Crippen molar-refractivity contribution in [3.63, 3.8) is 0 Å². The first-order chi connectivity index (χ1) is 8.79. The molecular weight excluding hydrogens is 228 g/mol. The number of hydrogen-bond donors (Lipinski definition) is 2. The molecule has 0 fully saturated rings. The van der Waals surface area contributed by atoms with E-state index in [2.05, 4.69) is 45.6 Å². The van der Waals surface area contributed by atoms with Gasteiger partial charge in [0.25, 0.3) is 0 Å². The molecule has 2 heterocycles. The molecule has 1 atom stereocenters. The molecule has 98 valence electrons.